The summed E-state index contributed by atoms with van der Waals surface area (Å²) < 4.78 is 0. The summed E-state index contributed by atoms with van der Waals surface area (Å²) in [6.45, 7) is 7.61. The van der Waals surface area contributed by atoms with Gasteiger partial charge in [-0.3, -0.25) is 14.7 Å². The fourth-order valence-electron chi connectivity index (χ4n) is 6.16. The molecule has 37 heavy (non-hydrogen) atoms. The molecule has 3 aromatic rings. The molecule has 7 heteroatoms. The number of carbonyl (C=O) groups excluding carboxylic acids is 1. The van der Waals surface area contributed by atoms with Gasteiger partial charge in [-0.05, 0) is 98.9 Å². The summed E-state index contributed by atoms with van der Waals surface area (Å²) in [5.41, 5.74) is 4.82. The summed E-state index contributed by atoms with van der Waals surface area (Å²) in [5, 5.41) is 12.5. The Labute approximate surface area is 229 Å². The molecule has 0 bridgehead atoms. The lowest BCUT2D eigenvalue weighted by Gasteiger charge is -2.44. The Morgan fingerprint density at radius 1 is 1.00 bits per heavy atom. The molecule has 2 aliphatic rings. The topological polar surface area (TPSA) is 56.7 Å². The van der Waals surface area contributed by atoms with E-state index in [0.717, 1.165) is 78.9 Å². The minimum Gasteiger partial charge on any atom is -0.396 e. The summed E-state index contributed by atoms with van der Waals surface area (Å²) in [6, 6.07) is 12.3. The Morgan fingerprint density at radius 3 is 2.51 bits per heavy atom. The molecule has 2 fully saturated rings. The molecular formula is C30H35Cl2N3O2. The average molecular weight is 541 g/mol. The minimum atomic E-state index is 0.0521. The molecule has 1 amide bonds. The molecule has 1 aromatic heterocycles. The number of hydrogen-bond donors (Lipinski definition) is 1. The molecule has 0 aliphatic carbocycles. The molecule has 2 aromatic carbocycles. The van der Waals surface area contributed by atoms with Gasteiger partial charge >= 0.3 is 0 Å². The smallest absolute Gasteiger partial charge is 0.254 e. The van der Waals surface area contributed by atoms with Crippen molar-refractivity contribution in [3.8, 4) is 0 Å². The number of aliphatic hydroxyl groups excluding tert-OH is 1. The van der Waals surface area contributed by atoms with Crippen molar-refractivity contribution in [2.75, 3.05) is 32.8 Å². The van der Waals surface area contributed by atoms with Gasteiger partial charge in [0.15, 0.2) is 0 Å². The number of aryl methyl sites for hydroxylation is 2. The third-order valence-electron chi connectivity index (χ3n) is 8.39. The fraction of sp³-hybridized carbons (Fsp3) is 0.467. The van der Waals surface area contributed by atoms with Crippen LogP contribution in [-0.2, 0) is 6.42 Å². The number of benzene rings is 2. The lowest BCUT2D eigenvalue weighted by molar-refractivity contribution is 0.0242. The highest BCUT2D eigenvalue weighted by Gasteiger charge is 2.34. The Bertz CT molecular complexity index is 1290. The zero-order chi connectivity index (χ0) is 26.1. The van der Waals surface area contributed by atoms with Crippen LogP contribution in [-0.4, -0.2) is 64.6 Å². The van der Waals surface area contributed by atoms with Crippen molar-refractivity contribution in [2.24, 2.45) is 11.8 Å². The van der Waals surface area contributed by atoms with E-state index in [1.54, 1.807) is 6.20 Å². The van der Waals surface area contributed by atoms with Crippen LogP contribution in [0.2, 0.25) is 10.0 Å². The van der Waals surface area contributed by atoms with E-state index in [9.17, 15) is 9.90 Å². The van der Waals surface area contributed by atoms with E-state index in [2.05, 4.69) is 28.1 Å². The zero-order valence-electron chi connectivity index (χ0n) is 21.6. The van der Waals surface area contributed by atoms with Crippen LogP contribution in [0.4, 0.5) is 0 Å². The number of rotatable bonds is 5. The number of carbonyl (C=O) groups is 1. The number of likely N-dealkylation sites (tertiary alicyclic amines) is 2. The van der Waals surface area contributed by atoms with Gasteiger partial charge in [-0.25, -0.2) is 0 Å². The van der Waals surface area contributed by atoms with Crippen LogP contribution >= 0.6 is 23.2 Å². The second-order valence-corrected chi connectivity index (χ2v) is 11.6. The number of halogens is 2. The van der Waals surface area contributed by atoms with Crippen LogP contribution in [0.15, 0.2) is 42.6 Å². The molecule has 2 aliphatic heterocycles. The molecule has 0 radical (unpaired) electrons. The molecule has 3 heterocycles. The van der Waals surface area contributed by atoms with Crippen LogP contribution in [0.3, 0.4) is 0 Å². The normalized spacial score (nSPS) is 21.5. The van der Waals surface area contributed by atoms with Crippen LogP contribution in [0, 0.1) is 25.7 Å². The number of aromatic nitrogens is 1. The van der Waals surface area contributed by atoms with Crippen molar-refractivity contribution < 1.29 is 9.90 Å². The monoisotopic (exact) mass is 539 g/mol. The molecule has 2 atom stereocenters. The fourth-order valence-corrected chi connectivity index (χ4v) is 6.64. The lowest BCUT2D eigenvalue weighted by Crippen LogP contribution is -2.52. The van der Waals surface area contributed by atoms with E-state index < -0.39 is 0 Å². The lowest BCUT2D eigenvalue weighted by atomic mass is 9.80. The number of aliphatic hydroxyl groups is 1. The molecule has 5 rings (SSSR count). The summed E-state index contributed by atoms with van der Waals surface area (Å²) >= 11 is 12.6. The van der Waals surface area contributed by atoms with Crippen molar-refractivity contribution in [3.63, 3.8) is 0 Å². The Balaban J connectivity index is 1.20. The van der Waals surface area contributed by atoms with Crippen molar-refractivity contribution >= 4 is 40.0 Å². The molecule has 0 unspecified atom stereocenters. The van der Waals surface area contributed by atoms with Gasteiger partial charge in [-0.15, -0.1) is 0 Å². The summed E-state index contributed by atoms with van der Waals surface area (Å²) in [6.07, 6.45) is 5.64. The van der Waals surface area contributed by atoms with Gasteiger partial charge in [0.25, 0.3) is 5.91 Å². The number of amides is 1. The quantitative estimate of drug-likeness (QED) is 0.436. The van der Waals surface area contributed by atoms with Crippen LogP contribution < -0.4 is 0 Å². The van der Waals surface area contributed by atoms with Crippen LogP contribution in [0.5, 0.6) is 0 Å². The van der Waals surface area contributed by atoms with Crippen LogP contribution in [0.25, 0.3) is 10.9 Å². The maximum Gasteiger partial charge on any atom is 0.254 e. The molecule has 2 saturated heterocycles. The molecule has 0 spiro atoms. The molecule has 196 valence electrons. The molecule has 1 N–H and O–H groups in total. The summed E-state index contributed by atoms with van der Waals surface area (Å²) in [5.74, 6) is 0.762. The predicted octanol–water partition coefficient (Wildman–Crippen LogP) is 5.94. The van der Waals surface area contributed by atoms with Crippen molar-refractivity contribution in [2.45, 2.75) is 45.6 Å². The highest BCUT2D eigenvalue weighted by atomic mass is 35.5. The van der Waals surface area contributed by atoms with Gasteiger partial charge < -0.3 is 10.0 Å². The predicted molar refractivity (Wildman–Crippen MR) is 151 cm³/mol. The Hall–Kier alpha value is -2.18. The van der Waals surface area contributed by atoms with E-state index >= 15 is 0 Å². The number of hydrogen-bond acceptors (Lipinski definition) is 4. The van der Waals surface area contributed by atoms with E-state index in [0.29, 0.717) is 22.5 Å². The third-order valence-corrected chi connectivity index (χ3v) is 9.02. The molecule has 5 nitrogen and oxygen atoms in total. The van der Waals surface area contributed by atoms with E-state index in [1.165, 1.54) is 5.56 Å². The Kier molecular flexibility index (Phi) is 8.06. The maximum atomic E-state index is 13.5. The van der Waals surface area contributed by atoms with Gasteiger partial charge in [0, 0.05) is 53.9 Å². The second-order valence-electron chi connectivity index (χ2n) is 10.8. The van der Waals surface area contributed by atoms with E-state index in [4.69, 9.17) is 23.2 Å². The first-order valence-corrected chi connectivity index (χ1v) is 14.0. The highest BCUT2D eigenvalue weighted by Crippen LogP contribution is 2.32. The second kappa shape index (κ2) is 11.3. The van der Waals surface area contributed by atoms with Gasteiger partial charge in [-0.2, -0.15) is 0 Å². The zero-order valence-corrected chi connectivity index (χ0v) is 23.1. The maximum absolute atomic E-state index is 13.5. The Morgan fingerprint density at radius 2 is 1.78 bits per heavy atom. The van der Waals surface area contributed by atoms with Gasteiger partial charge in [0.05, 0.1) is 11.1 Å². The van der Waals surface area contributed by atoms with Crippen molar-refractivity contribution in [3.05, 3.63) is 74.9 Å². The standard InChI is InChI=1S/C30H35Cl2N3O2/c1-19-3-4-21(15-28(19)32)14-22-6-10-35(17-23(22)18-36)25-7-11-34(12-8-25)30(37)26-5-9-33-29-20(2)13-24(31)16-27(26)29/h3-5,9,13,15-16,22-23,25,36H,6-8,10-12,14,17-18H2,1-2H3/t22-,23+/m1/s1. The number of piperidine rings is 2. The molecular weight excluding hydrogens is 505 g/mol. The SMILES string of the molecule is Cc1ccc(C[C@H]2CCN(C3CCN(C(=O)c4ccnc5c(C)cc(Cl)cc45)CC3)C[C@H]2CO)cc1Cl. The first kappa shape index (κ1) is 26.4. The third kappa shape index (κ3) is 5.65. The largest absolute Gasteiger partial charge is 0.396 e. The molecule has 0 saturated carbocycles. The summed E-state index contributed by atoms with van der Waals surface area (Å²) in [4.78, 5) is 22.5. The minimum absolute atomic E-state index is 0.0521. The number of nitrogens with zero attached hydrogens (tertiary/aromatic N) is 3. The van der Waals surface area contributed by atoms with Crippen LogP contribution in [0.1, 0.15) is 46.3 Å². The van der Waals surface area contributed by atoms with Gasteiger partial charge in [0.1, 0.15) is 0 Å². The number of fused-ring (bicyclic) bond motifs is 1. The first-order chi connectivity index (χ1) is 17.8. The van der Waals surface area contributed by atoms with E-state index in [-0.39, 0.29) is 18.4 Å². The average Bonchev–Trinajstić information content (AvgIpc) is 2.90. The van der Waals surface area contributed by atoms with Crippen molar-refractivity contribution in [1.82, 2.24) is 14.8 Å². The number of pyridine rings is 1. The van der Waals surface area contributed by atoms with E-state index in [1.807, 2.05) is 36.9 Å². The summed E-state index contributed by atoms with van der Waals surface area (Å²) in [7, 11) is 0. The van der Waals surface area contributed by atoms with Gasteiger partial charge in [0.2, 0.25) is 0 Å². The van der Waals surface area contributed by atoms with Gasteiger partial charge in [-0.1, -0.05) is 35.3 Å². The highest BCUT2D eigenvalue weighted by molar-refractivity contribution is 6.32. The van der Waals surface area contributed by atoms with Crippen molar-refractivity contribution in [1.29, 1.82) is 0 Å². The first-order valence-electron chi connectivity index (χ1n) is 13.3.